The summed E-state index contributed by atoms with van der Waals surface area (Å²) in [6, 6.07) is 0.884. The molecule has 0 aliphatic carbocycles. The summed E-state index contributed by atoms with van der Waals surface area (Å²) in [5.74, 6) is 5.77. The summed E-state index contributed by atoms with van der Waals surface area (Å²) in [7, 11) is -3.12. The highest BCUT2D eigenvalue weighted by molar-refractivity contribution is 7.88. The zero-order chi connectivity index (χ0) is 12.8. The minimum atomic E-state index is -3.12. The highest BCUT2D eigenvalue weighted by Crippen LogP contribution is 2.02. The van der Waals surface area contributed by atoms with Crippen molar-refractivity contribution in [1.82, 2.24) is 9.62 Å². The van der Waals surface area contributed by atoms with Gasteiger partial charge in [-0.15, -0.1) is 0 Å². The third-order valence-corrected chi connectivity index (χ3v) is 2.80. The number of hydrogen-bond donors (Lipinski definition) is 1. The van der Waals surface area contributed by atoms with Gasteiger partial charge in [0, 0.05) is 12.1 Å². The number of rotatable bonds is 5. The zero-order valence-corrected chi connectivity index (χ0v) is 11.6. The zero-order valence-electron chi connectivity index (χ0n) is 10.7. The van der Waals surface area contributed by atoms with E-state index < -0.39 is 10.0 Å². The summed E-state index contributed by atoms with van der Waals surface area (Å²) >= 11 is 0. The van der Waals surface area contributed by atoms with E-state index in [-0.39, 0.29) is 6.54 Å². The fraction of sp³-hybridized carbons (Fsp3) is 0.818. The fourth-order valence-corrected chi connectivity index (χ4v) is 1.67. The van der Waals surface area contributed by atoms with Crippen LogP contribution in [0.3, 0.4) is 0 Å². The summed E-state index contributed by atoms with van der Waals surface area (Å²) in [6.45, 7) is 9.34. The average Bonchev–Trinajstić information content (AvgIpc) is 2.07. The highest BCUT2D eigenvalue weighted by Gasteiger charge is 2.10. The first-order valence-corrected chi connectivity index (χ1v) is 7.29. The first-order chi connectivity index (χ1) is 7.24. The summed E-state index contributed by atoms with van der Waals surface area (Å²) in [4.78, 5) is 2.24. The Morgan fingerprint density at radius 1 is 1.12 bits per heavy atom. The molecule has 0 atom stereocenters. The quantitative estimate of drug-likeness (QED) is 0.725. The van der Waals surface area contributed by atoms with Crippen LogP contribution in [0.15, 0.2) is 0 Å². The van der Waals surface area contributed by atoms with E-state index in [1.165, 1.54) is 0 Å². The fourth-order valence-electron chi connectivity index (χ4n) is 1.34. The third-order valence-electron chi connectivity index (χ3n) is 2.14. The van der Waals surface area contributed by atoms with Gasteiger partial charge in [-0.05, 0) is 27.7 Å². The van der Waals surface area contributed by atoms with Gasteiger partial charge >= 0.3 is 0 Å². The van der Waals surface area contributed by atoms with Gasteiger partial charge in [-0.25, -0.2) is 13.1 Å². The Morgan fingerprint density at radius 3 is 2.00 bits per heavy atom. The van der Waals surface area contributed by atoms with Crippen molar-refractivity contribution in [1.29, 1.82) is 0 Å². The van der Waals surface area contributed by atoms with E-state index in [4.69, 9.17) is 0 Å². The summed E-state index contributed by atoms with van der Waals surface area (Å²) < 4.78 is 23.8. The van der Waals surface area contributed by atoms with Crippen molar-refractivity contribution in [2.24, 2.45) is 0 Å². The highest BCUT2D eigenvalue weighted by atomic mass is 32.2. The molecule has 0 aromatic heterocycles. The van der Waals surface area contributed by atoms with Gasteiger partial charge in [0.1, 0.15) is 0 Å². The van der Waals surface area contributed by atoms with Crippen molar-refractivity contribution in [3.8, 4) is 11.8 Å². The lowest BCUT2D eigenvalue weighted by Crippen LogP contribution is -2.37. The second-order valence-electron chi connectivity index (χ2n) is 4.31. The van der Waals surface area contributed by atoms with Crippen molar-refractivity contribution in [2.75, 3.05) is 19.3 Å². The second kappa shape index (κ2) is 6.89. The van der Waals surface area contributed by atoms with E-state index in [0.29, 0.717) is 18.6 Å². The van der Waals surface area contributed by atoms with Crippen LogP contribution in [0.25, 0.3) is 0 Å². The van der Waals surface area contributed by atoms with E-state index in [0.717, 1.165) is 6.26 Å². The van der Waals surface area contributed by atoms with E-state index in [1.807, 2.05) is 0 Å². The Kier molecular flexibility index (Phi) is 6.65. The third kappa shape index (κ3) is 7.69. The van der Waals surface area contributed by atoms with E-state index in [1.54, 1.807) is 0 Å². The molecule has 0 aliphatic rings. The van der Waals surface area contributed by atoms with Gasteiger partial charge in [-0.2, -0.15) is 0 Å². The summed E-state index contributed by atoms with van der Waals surface area (Å²) in [5.41, 5.74) is 0. The lowest BCUT2D eigenvalue weighted by Gasteiger charge is -2.28. The predicted molar refractivity (Wildman–Crippen MR) is 67.6 cm³/mol. The molecule has 0 radical (unpaired) electrons. The number of nitrogens with zero attached hydrogens (tertiary/aromatic N) is 1. The molecule has 5 heteroatoms. The van der Waals surface area contributed by atoms with Crippen molar-refractivity contribution in [3.63, 3.8) is 0 Å². The minimum absolute atomic E-state index is 0.183. The smallest absolute Gasteiger partial charge is 0.209 e. The molecular formula is C11H22N2O2S. The molecule has 16 heavy (non-hydrogen) atoms. The van der Waals surface area contributed by atoms with Gasteiger partial charge in [-0.1, -0.05) is 11.8 Å². The number of hydrogen-bond acceptors (Lipinski definition) is 3. The normalized spacial score (nSPS) is 12.0. The van der Waals surface area contributed by atoms with Gasteiger partial charge in [0.05, 0.1) is 19.3 Å². The molecule has 1 N–H and O–H groups in total. The Bertz CT molecular complexity index is 342. The van der Waals surface area contributed by atoms with Gasteiger partial charge < -0.3 is 0 Å². The Morgan fingerprint density at radius 2 is 1.62 bits per heavy atom. The molecule has 0 aliphatic heterocycles. The maximum atomic E-state index is 10.8. The second-order valence-corrected chi connectivity index (χ2v) is 6.14. The van der Waals surface area contributed by atoms with Crippen LogP contribution in [-0.2, 0) is 10.0 Å². The number of nitrogens with one attached hydrogen (secondary N) is 1. The van der Waals surface area contributed by atoms with Crippen molar-refractivity contribution in [3.05, 3.63) is 0 Å². The molecule has 0 bridgehead atoms. The molecule has 0 amide bonds. The van der Waals surface area contributed by atoms with Gasteiger partial charge in [0.25, 0.3) is 0 Å². The van der Waals surface area contributed by atoms with Gasteiger partial charge in [0.2, 0.25) is 10.0 Å². The van der Waals surface area contributed by atoms with Crippen LogP contribution < -0.4 is 4.72 Å². The molecule has 0 aromatic rings. The topological polar surface area (TPSA) is 49.4 Å². The molecule has 94 valence electrons. The Labute approximate surface area is 99.5 Å². The standard InChI is InChI=1S/C11H22N2O2S/c1-10(2)13(11(3)4)9-7-6-8-12-16(5,14)15/h10-12H,8-9H2,1-5H3. The van der Waals surface area contributed by atoms with Gasteiger partial charge in [0.15, 0.2) is 0 Å². The Balaban J connectivity index is 4.08. The first kappa shape index (κ1) is 15.4. The molecule has 0 spiro atoms. The molecule has 0 saturated heterocycles. The van der Waals surface area contributed by atoms with Crippen LogP contribution in [0.1, 0.15) is 27.7 Å². The van der Waals surface area contributed by atoms with E-state index >= 15 is 0 Å². The van der Waals surface area contributed by atoms with Crippen molar-refractivity contribution < 1.29 is 8.42 Å². The van der Waals surface area contributed by atoms with Crippen LogP contribution in [0.2, 0.25) is 0 Å². The minimum Gasteiger partial charge on any atom is -0.287 e. The van der Waals surface area contributed by atoms with Crippen LogP contribution >= 0.6 is 0 Å². The molecule has 0 rings (SSSR count). The van der Waals surface area contributed by atoms with E-state index in [2.05, 4.69) is 49.2 Å². The van der Waals surface area contributed by atoms with Crippen molar-refractivity contribution in [2.45, 2.75) is 39.8 Å². The Hall–Kier alpha value is -0.570. The maximum absolute atomic E-state index is 10.8. The predicted octanol–water partition coefficient (Wildman–Crippen LogP) is 0.658. The lowest BCUT2D eigenvalue weighted by atomic mass is 10.2. The van der Waals surface area contributed by atoms with E-state index in [9.17, 15) is 8.42 Å². The molecule has 4 nitrogen and oxygen atoms in total. The van der Waals surface area contributed by atoms with Gasteiger partial charge in [-0.3, -0.25) is 4.90 Å². The molecular weight excluding hydrogens is 224 g/mol. The maximum Gasteiger partial charge on any atom is 0.209 e. The number of sulfonamides is 1. The van der Waals surface area contributed by atoms with Crippen LogP contribution in [-0.4, -0.2) is 44.7 Å². The molecule has 0 unspecified atom stereocenters. The average molecular weight is 246 g/mol. The SMILES string of the molecule is CC(C)N(CC#CCNS(C)(=O)=O)C(C)C. The summed E-state index contributed by atoms with van der Waals surface area (Å²) in [5, 5.41) is 0. The molecule has 0 heterocycles. The molecule has 0 aromatic carbocycles. The largest absolute Gasteiger partial charge is 0.287 e. The lowest BCUT2D eigenvalue weighted by molar-refractivity contribution is 0.200. The monoisotopic (exact) mass is 246 g/mol. The van der Waals surface area contributed by atoms with Crippen molar-refractivity contribution >= 4 is 10.0 Å². The first-order valence-electron chi connectivity index (χ1n) is 5.40. The van der Waals surface area contributed by atoms with Crippen LogP contribution in [0.4, 0.5) is 0 Å². The van der Waals surface area contributed by atoms with Crippen LogP contribution in [0, 0.1) is 11.8 Å². The molecule has 0 fully saturated rings. The van der Waals surface area contributed by atoms with Crippen LogP contribution in [0.5, 0.6) is 0 Å². The molecule has 0 saturated carbocycles. The summed E-state index contributed by atoms with van der Waals surface area (Å²) in [6.07, 6.45) is 1.13.